The number of hydrogen-bond donors (Lipinski definition) is 0. The number of ketones is 1. The quantitative estimate of drug-likeness (QED) is 0.576. The number of rotatable bonds is 8. The van der Waals surface area contributed by atoms with E-state index in [2.05, 4.69) is 9.88 Å². The lowest BCUT2D eigenvalue weighted by Crippen LogP contribution is -2.34. The van der Waals surface area contributed by atoms with Crippen molar-refractivity contribution in [3.8, 4) is 0 Å². The number of anilines is 1. The fourth-order valence-corrected chi connectivity index (χ4v) is 5.53. The number of nitrogens with zero attached hydrogens (tertiary/aromatic N) is 3. The van der Waals surface area contributed by atoms with E-state index in [1.165, 1.54) is 19.2 Å². The largest absolute Gasteiger partial charge is 0.371 e. The van der Waals surface area contributed by atoms with Crippen LogP contribution in [0.2, 0.25) is 10.0 Å². The highest BCUT2D eigenvalue weighted by molar-refractivity contribution is 7.89. The molecule has 30 heavy (non-hydrogen) atoms. The molecule has 0 bridgehead atoms. The van der Waals surface area contributed by atoms with Crippen LogP contribution in [0.15, 0.2) is 47.6 Å². The van der Waals surface area contributed by atoms with Crippen molar-refractivity contribution >= 4 is 44.7 Å². The van der Waals surface area contributed by atoms with Gasteiger partial charge in [0.25, 0.3) is 0 Å². The zero-order valence-corrected chi connectivity index (χ0v) is 19.1. The van der Waals surface area contributed by atoms with Crippen molar-refractivity contribution in [3.63, 3.8) is 0 Å². The molecule has 1 aliphatic rings. The molecule has 0 atom stereocenters. The average molecular weight is 470 g/mol. The molecule has 0 amide bonds. The van der Waals surface area contributed by atoms with Crippen molar-refractivity contribution in [2.75, 3.05) is 31.6 Å². The van der Waals surface area contributed by atoms with Crippen molar-refractivity contribution in [1.82, 2.24) is 9.29 Å². The number of pyridine rings is 1. The van der Waals surface area contributed by atoms with Crippen LogP contribution in [0.25, 0.3) is 0 Å². The molecular formula is C21H25Cl2N3O3S. The van der Waals surface area contributed by atoms with Gasteiger partial charge in [-0.1, -0.05) is 29.3 Å². The number of benzene rings is 1. The topological polar surface area (TPSA) is 70.6 Å². The van der Waals surface area contributed by atoms with Gasteiger partial charge in [-0.15, -0.1) is 0 Å². The monoisotopic (exact) mass is 469 g/mol. The minimum Gasteiger partial charge on any atom is -0.371 e. The summed E-state index contributed by atoms with van der Waals surface area (Å²) in [6, 6.07) is 8.48. The van der Waals surface area contributed by atoms with E-state index in [0.717, 1.165) is 35.9 Å². The first kappa shape index (κ1) is 23.0. The van der Waals surface area contributed by atoms with E-state index in [9.17, 15) is 13.2 Å². The lowest BCUT2D eigenvalue weighted by molar-refractivity contribution is -0.120. The Morgan fingerprint density at radius 1 is 1.17 bits per heavy atom. The normalized spacial score (nSPS) is 15.5. The van der Waals surface area contributed by atoms with Crippen molar-refractivity contribution in [1.29, 1.82) is 0 Å². The predicted octanol–water partition coefficient (Wildman–Crippen LogP) is 4.27. The second-order valence-electron chi connectivity index (χ2n) is 7.51. The summed E-state index contributed by atoms with van der Waals surface area (Å²) in [6.07, 6.45) is 6.12. The number of carbonyl (C=O) groups is 1. The van der Waals surface area contributed by atoms with Gasteiger partial charge < -0.3 is 4.90 Å². The molecule has 1 fully saturated rings. The molecule has 2 aromatic rings. The van der Waals surface area contributed by atoms with Gasteiger partial charge in [-0.25, -0.2) is 12.7 Å². The Hall–Kier alpha value is -1.67. The van der Waals surface area contributed by atoms with E-state index < -0.39 is 10.0 Å². The third-order valence-corrected chi connectivity index (χ3v) is 8.30. The minimum atomic E-state index is -3.81. The smallest absolute Gasteiger partial charge is 0.244 e. The third-order valence-electron chi connectivity index (χ3n) is 5.47. The minimum absolute atomic E-state index is 0.00157. The summed E-state index contributed by atoms with van der Waals surface area (Å²) in [7, 11) is -2.35. The van der Waals surface area contributed by atoms with Crippen LogP contribution >= 0.6 is 23.2 Å². The molecule has 0 N–H and O–H groups in total. The third kappa shape index (κ3) is 5.52. The second kappa shape index (κ2) is 10.1. The van der Waals surface area contributed by atoms with Gasteiger partial charge in [0.2, 0.25) is 10.0 Å². The van der Waals surface area contributed by atoms with Crippen LogP contribution in [-0.2, 0) is 14.8 Å². The number of hydrogen-bond acceptors (Lipinski definition) is 5. The van der Waals surface area contributed by atoms with E-state index in [4.69, 9.17) is 23.2 Å². The van der Waals surface area contributed by atoms with Crippen LogP contribution in [-0.4, -0.2) is 50.2 Å². The number of Topliss-reactive ketones (excluding diaryl/α,β-unsaturated/α-hetero) is 1. The number of carbonyl (C=O) groups excluding carboxylic acids is 1. The van der Waals surface area contributed by atoms with Crippen molar-refractivity contribution in [2.45, 2.75) is 30.6 Å². The van der Waals surface area contributed by atoms with Gasteiger partial charge in [-0.05, 0) is 43.0 Å². The maximum absolute atomic E-state index is 12.7. The van der Waals surface area contributed by atoms with Crippen LogP contribution in [0.4, 0.5) is 5.69 Å². The Balaban J connectivity index is 1.48. The molecule has 0 unspecified atom stereocenters. The van der Waals surface area contributed by atoms with Crippen molar-refractivity contribution in [3.05, 3.63) is 52.8 Å². The van der Waals surface area contributed by atoms with Crippen LogP contribution in [0.5, 0.6) is 0 Å². The molecule has 1 saturated heterocycles. The highest BCUT2D eigenvalue weighted by atomic mass is 35.5. The van der Waals surface area contributed by atoms with Gasteiger partial charge in [0.1, 0.15) is 10.7 Å². The van der Waals surface area contributed by atoms with E-state index in [0.29, 0.717) is 12.3 Å². The van der Waals surface area contributed by atoms with E-state index in [-0.39, 0.29) is 33.7 Å². The molecule has 1 aliphatic heterocycles. The van der Waals surface area contributed by atoms with Gasteiger partial charge >= 0.3 is 0 Å². The summed E-state index contributed by atoms with van der Waals surface area (Å²) in [6.45, 7) is 1.92. The first-order valence-electron chi connectivity index (χ1n) is 9.86. The van der Waals surface area contributed by atoms with E-state index in [1.807, 2.05) is 12.1 Å². The Morgan fingerprint density at radius 2 is 1.83 bits per heavy atom. The standard InChI is InChI=1S/C21H25Cl2N3O3S/c1-25(30(28,29)20-4-2-3-19(22)21(20)23)12-9-18(27)15-16-7-13-26(14-8-16)17-5-10-24-11-6-17/h2-6,10-11,16H,7-9,12-15H2,1H3. The molecule has 0 saturated carbocycles. The molecule has 9 heteroatoms. The Labute approximate surface area is 187 Å². The number of piperidine rings is 1. The number of sulfonamides is 1. The van der Waals surface area contributed by atoms with Crippen molar-refractivity contribution < 1.29 is 13.2 Å². The maximum atomic E-state index is 12.7. The van der Waals surface area contributed by atoms with Gasteiger partial charge in [-0.3, -0.25) is 9.78 Å². The van der Waals surface area contributed by atoms with Crippen molar-refractivity contribution in [2.24, 2.45) is 5.92 Å². The summed E-state index contributed by atoms with van der Waals surface area (Å²) in [4.78, 5) is 18.8. The Bertz CT molecular complexity index is 978. The fraction of sp³-hybridized carbons (Fsp3) is 0.429. The molecule has 162 valence electrons. The molecule has 3 rings (SSSR count). The number of halogens is 2. The molecule has 2 heterocycles. The van der Waals surface area contributed by atoms with E-state index in [1.54, 1.807) is 18.5 Å². The van der Waals surface area contributed by atoms with E-state index >= 15 is 0 Å². The summed E-state index contributed by atoms with van der Waals surface area (Å²) in [5, 5.41) is 0.179. The van der Waals surface area contributed by atoms with Gasteiger partial charge in [-0.2, -0.15) is 0 Å². The fourth-order valence-electron chi connectivity index (χ4n) is 3.63. The van der Waals surface area contributed by atoms with Gasteiger partial charge in [0.05, 0.1) is 10.0 Å². The first-order valence-corrected chi connectivity index (χ1v) is 12.1. The highest BCUT2D eigenvalue weighted by Gasteiger charge is 2.26. The number of aromatic nitrogens is 1. The summed E-state index contributed by atoms with van der Waals surface area (Å²) < 4.78 is 26.6. The lowest BCUT2D eigenvalue weighted by atomic mass is 9.91. The van der Waals surface area contributed by atoms with Crippen LogP contribution < -0.4 is 4.90 Å². The molecule has 1 aromatic carbocycles. The molecular weight excluding hydrogens is 445 g/mol. The predicted molar refractivity (Wildman–Crippen MR) is 120 cm³/mol. The van der Waals surface area contributed by atoms with Crippen LogP contribution in [0.3, 0.4) is 0 Å². The summed E-state index contributed by atoms with van der Waals surface area (Å²) in [5.41, 5.74) is 1.15. The molecule has 0 aliphatic carbocycles. The van der Waals surface area contributed by atoms with Gasteiger partial charge in [0.15, 0.2) is 0 Å². The van der Waals surface area contributed by atoms with Gasteiger partial charge in [0, 0.05) is 57.6 Å². The zero-order valence-electron chi connectivity index (χ0n) is 16.8. The zero-order chi connectivity index (χ0) is 21.7. The Kier molecular flexibility index (Phi) is 7.74. The highest BCUT2D eigenvalue weighted by Crippen LogP contribution is 2.31. The summed E-state index contributed by atoms with van der Waals surface area (Å²) >= 11 is 12.0. The molecule has 0 radical (unpaired) electrons. The SMILES string of the molecule is CN(CCC(=O)CC1CCN(c2ccncc2)CC1)S(=O)(=O)c1cccc(Cl)c1Cl. The second-order valence-corrected chi connectivity index (χ2v) is 10.3. The lowest BCUT2D eigenvalue weighted by Gasteiger charge is -2.33. The summed E-state index contributed by atoms with van der Waals surface area (Å²) in [5.74, 6) is 0.413. The average Bonchev–Trinajstić information content (AvgIpc) is 2.75. The van der Waals surface area contributed by atoms with Crippen LogP contribution in [0, 0.1) is 5.92 Å². The molecule has 6 nitrogen and oxygen atoms in total. The first-order chi connectivity index (χ1) is 14.3. The maximum Gasteiger partial charge on any atom is 0.244 e. The molecule has 1 aromatic heterocycles. The Morgan fingerprint density at radius 3 is 2.50 bits per heavy atom. The molecule has 0 spiro atoms. The van der Waals surface area contributed by atoms with Crippen LogP contribution in [0.1, 0.15) is 25.7 Å².